The van der Waals surface area contributed by atoms with Crippen molar-refractivity contribution in [1.29, 1.82) is 0 Å². The molecular formula is C18H28F2N4O. The number of halogens is 2. The average Bonchev–Trinajstić information content (AvgIpc) is 2.61. The van der Waals surface area contributed by atoms with E-state index in [4.69, 9.17) is 4.74 Å². The summed E-state index contributed by atoms with van der Waals surface area (Å²) in [7, 11) is 5.86. The summed E-state index contributed by atoms with van der Waals surface area (Å²) in [5.41, 5.74) is 0.391. The lowest BCUT2D eigenvalue weighted by molar-refractivity contribution is -0.00501. The molecule has 0 spiro atoms. The van der Waals surface area contributed by atoms with E-state index in [0.29, 0.717) is 24.5 Å². The van der Waals surface area contributed by atoms with Gasteiger partial charge in [-0.1, -0.05) is 0 Å². The second-order valence-electron chi connectivity index (χ2n) is 6.57. The zero-order chi connectivity index (χ0) is 18.3. The highest BCUT2D eigenvalue weighted by Crippen LogP contribution is 2.24. The van der Waals surface area contributed by atoms with Crippen LogP contribution < -0.4 is 10.6 Å². The van der Waals surface area contributed by atoms with Crippen molar-refractivity contribution in [3.8, 4) is 0 Å². The van der Waals surface area contributed by atoms with Crippen LogP contribution in [0.1, 0.15) is 18.4 Å². The topological polar surface area (TPSA) is 48.9 Å². The molecule has 1 aliphatic rings. The summed E-state index contributed by atoms with van der Waals surface area (Å²) in [6, 6.07) is 3.52. The largest absolute Gasteiger partial charge is 0.381 e. The SMILES string of the molecule is CN=C(NCCc1cc(F)ccc1F)NCC1(N(C)C)CCOCC1. The fraction of sp³-hybridized carbons (Fsp3) is 0.611. The van der Waals surface area contributed by atoms with Gasteiger partial charge in [0, 0.05) is 38.9 Å². The van der Waals surface area contributed by atoms with Crippen molar-refractivity contribution < 1.29 is 13.5 Å². The van der Waals surface area contributed by atoms with E-state index in [2.05, 4.69) is 34.6 Å². The second-order valence-corrected chi connectivity index (χ2v) is 6.57. The van der Waals surface area contributed by atoms with Gasteiger partial charge >= 0.3 is 0 Å². The van der Waals surface area contributed by atoms with Crippen molar-refractivity contribution in [2.45, 2.75) is 24.8 Å². The molecule has 0 saturated carbocycles. The molecule has 2 rings (SSSR count). The third kappa shape index (κ3) is 5.37. The van der Waals surface area contributed by atoms with Crippen LogP contribution in [-0.4, -0.2) is 63.8 Å². The van der Waals surface area contributed by atoms with Gasteiger partial charge in [-0.25, -0.2) is 8.78 Å². The van der Waals surface area contributed by atoms with Crippen LogP contribution in [0.15, 0.2) is 23.2 Å². The molecule has 0 atom stereocenters. The molecule has 1 aromatic carbocycles. The highest BCUT2D eigenvalue weighted by atomic mass is 19.1. The van der Waals surface area contributed by atoms with Crippen LogP contribution in [0.4, 0.5) is 8.78 Å². The third-order valence-corrected chi connectivity index (χ3v) is 4.88. The molecule has 1 saturated heterocycles. The van der Waals surface area contributed by atoms with E-state index in [1.807, 2.05) is 0 Å². The maximum atomic E-state index is 13.6. The predicted octanol–water partition coefficient (Wildman–Crippen LogP) is 1.78. The minimum atomic E-state index is -0.425. The summed E-state index contributed by atoms with van der Waals surface area (Å²) in [4.78, 5) is 6.44. The number of likely N-dealkylation sites (N-methyl/N-ethyl adjacent to an activating group) is 1. The van der Waals surface area contributed by atoms with E-state index in [9.17, 15) is 8.78 Å². The Bertz CT molecular complexity index is 586. The number of aliphatic imine (C=N–C) groups is 1. The number of guanidine groups is 1. The Balaban J connectivity index is 1.85. The fourth-order valence-electron chi connectivity index (χ4n) is 3.05. The van der Waals surface area contributed by atoms with Gasteiger partial charge in [0.05, 0.1) is 0 Å². The molecule has 0 aliphatic carbocycles. The maximum absolute atomic E-state index is 13.6. The normalized spacial score (nSPS) is 17.6. The molecule has 0 aromatic heterocycles. The molecule has 1 fully saturated rings. The first-order chi connectivity index (χ1) is 12.0. The number of hydrogen-bond acceptors (Lipinski definition) is 3. The van der Waals surface area contributed by atoms with Gasteiger partial charge in [0.25, 0.3) is 0 Å². The van der Waals surface area contributed by atoms with Gasteiger partial charge in [-0.15, -0.1) is 0 Å². The Kier molecular flexibility index (Phi) is 7.13. The van der Waals surface area contributed by atoms with Gasteiger partial charge < -0.3 is 20.3 Å². The lowest BCUT2D eigenvalue weighted by Crippen LogP contribution is -2.57. The average molecular weight is 354 g/mol. The van der Waals surface area contributed by atoms with E-state index in [1.165, 1.54) is 6.07 Å². The van der Waals surface area contributed by atoms with Crippen LogP contribution in [0, 0.1) is 11.6 Å². The second kappa shape index (κ2) is 9.10. The van der Waals surface area contributed by atoms with Crippen molar-refractivity contribution in [1.82, 2.24) is 15.5 Å². The molecule has 0 bridgehead atoms. The van der Waals surface area contributed by atoms with Gasteiger partial charge in [-0.05, 0) is 57.1 Å². The lowest BCUT2D eigenvalue weighted by atomic mass is 9.88. The molecule has 7 heteroatoms. The van der Waals surface area contributed by atoms with E-state index < -0.39 is 5.82 Å². The summed E-state index contributed by atoms with van der Waals surface area (Å²) >= 11 is 0. The molecule has 0 radical (unpaired) electrons. The number of ether oxygens (including phenoxy) is 1. The number of nitrogens with zero attached hydrogens (tertiary/aromatic N) is 2. The zero-order valence-electron chi connectivity index (χ0n) is 15.2. The van der Waals surface area contributed by atoms with E-state index in [1.54, 1.807) is 7.05 Å². The quantitative estimate of drug-likeness (QED) is 0.604. The van der Waals surface area contributed by atoms with Crippen LogP contribution in [0.3, 0.4) is 0 Å². The van der Waals surface area contributed by atoms with Gasteiger partial charge in [-0.3, -0.25) is 4.99 Å². The smallest absolute Gasteiger partial charge is 0.191 e. The monoisotopic (exact) mass is 354 g/mol. The van der Waals surface area contributed by atoms with E-state index in [-0.39, 0.29) is 11.4 Å². The summed E-state index contributed by atoms with van der Waals surface area (Å²) in [5, 5.41) is 6.51. The zero-order valence-corrected chi connectivity index (χ0v) is 15.2. The highest BCUT2D eigenvalue weighted by Gasteiger charge is 2.34. The molecule has 0 unspecified atom stereocenters. The van der Waals surface area contributed by atoms with E-state index in [0.717, 1.165) is 44.7 Å². The van der Waals surface area contributed by atoms with Gasteiger partial charge in [-0.2, -0.15) is 0 Å². The fourth-order valence-corrected chi connectivity index (χ4v) is 3.05. The molecule has 2 N–H and O–H groups in total. The standard InChI is InChI=1S/C18H28F2N4O/c1-21-17(22-9-6-14-12-15(19)4-5-16(14)20)23-13-18(24(2)3)7-10-25-11-8-18/h4-5,12H,6-11,13H2,1-3H3,(H2,21,22,23). The Morgan fingerprint density at radius 3 is 2.60 bits per heavy atom. The number of rotatable bonds is 6. The molecule has 1 heterocycles. The van der Waals surface area contributed by atoms with Gasteiger partial charge in [0.2, 0.25) is 0 Å². The third-order valence-electron chi connectivity index (χ3n) is 4.88. The Morgan fingerprint density at radius 1 is 1.24 bits per heavy atom. The summed E-state index contributed by atoms with van der Waals surface area (Å²) < 4.78 is 32.3. The van der Waals surface area contributed by atoms with Crippen LogP contribution in [0.2, 0.25) is 0 Å². The first-order valence-electron chi connectivity index (χ1n) is 8.60. The van der Waals surface area contributed by atoms with Gasteiger partial charge in [0.1, 0.15) is 11.6 Å². The molecule has 0 amide bonds. The summed E-state index contributed by atoms with van der Waals surface area (Å²) in [6.45, 7) is 2.73. The Hall–Kier alpha value is -1.73. The van der Waals surface area contributed by atoms with Gasteiger partial charge in [0.15, 0.2) is 5.96 Å². The van der Waals surface area contributed by atoms with Crippen LogP contribution >= 0.6 is 0 Å². The van der Waals surface area contributed by atoms with Crippen LogP contribution in [0.25, 0.3) is 0 Å². The van der Waals surface area contributed by atoms with Crippen molar-refractivity contribution in [3.05, 3.63) is 35.4 Å². The molecule has 5 nitrogen and oxygen atoms in total. The van der Waals surface area contributed by atoms with Crippen molar-refractivity contribution >= 4 is 5.96 Å². The highest BCUT2D eigenvalue weighted by molar-refractivity contribution is 5.79. The Labute approximate surface area is 148 Å². The van der Waals surface area contributed by atoms with E-state index >= 15 is 0 Å². The molecule has 1 aromatic rings. The maximum Gasteiger partial charge on any atom is 0.191 e. The Morgan fingerprint density at radius 2 is 1.96 bits per heavy atom. The summed E-state index contributed by atoms with van der Waals surface area (Å²) in [6.07, 6.45) is 2.30. The van der Waals surface area contributed by atoms with Crippen molar-refractivity contribution in [2.75, 3.05) is 47.4 Å². The summed E-state index contributed by atoms with van der Waals surface area (Å²) in [5.74, 6) is -0.157. The van der Waals surface area contributed by atoms with Crippen LogP contribution in [0.5, 0.6) is 0 Å². The number of benzene rings is 1. The molecule has 1 aliphatic heterocycles. The van der Waals surface area contributed by atoms with Crippen LogP contribution in [-0.2, 0) is 11.2 Å². The van der Waals surface area contributed by atoms with Crippen molar-refractivity contribution in [2.24, 2.45) is 4.99 Å². The molecule has 140 valence electrons. The molecular weight excluding hydrogens is 326 g/mol. The minimum Gasteiger partial charge on any atom is -0.381 e. The lowest BCUT2D eigenvalue weighted by Gasteiger charge is -2.43. The predicted molar refractivity (Wildman–Crippen MR) is 95.9 cm³/mol. The number of hydrogen-bond donors (Lipinski definition) is 2. The number of nitrogens with one attached hydrogen (secondary N) is 2. The first kappa shape index (κ1) is 19.6. The minimum absolute atomic E-state index is 0.0323. The first-order valence-corrected chi connectivity index (χ1v) is 8.60. The van der Waals surface area contributed by atoms with Crippen molar-refractivity contribution in [3.63, 3.8) is 0 Å². The molecule has 25 heavy (non-hydrogen) atoms.